The van der Waals surface area contributed by atoms with Crippen molar-refractivity contribution < 1.29 is 31.5 Å². The molecule has 0 spiro atoms. The van der Waals surface area contributed by atoms with E-state index in [0.717, 1.165) is 6.07 Å². The zero-order valence-corrected chi connectivity index (χ0v) is 12.3. The first-order valence-corrected chi connectivity index (χ1v) is 6.48. The number of ether oxygens (including phenoxy) is 1. The van der Waals surface area contributed by atoms with Crippen molar-refractivity contribution in [1.82, 2.24) is 0 Å². The Labute approximate surface area is 125 Å². The highest BCUT2D eigenvalue weighted by Crippen LogP contribution is 2.38. The van der Waals surface area contributed by atoms with Crippen LogP contribution >= 0.6 is 15.9 Å². The lowest BCUT2D eigenvalue weighted by Gasteiger charge is -2.23. The number of nitrogens with two attached hydrogens (primary N) is 1. The average Bonchev–Trinajstić information content (AvgIpc) is 2.37. The Hall–Kier alpha value is -1.22. The summed E-state index contributed by atoms with van der Waals surface area (Å²) in [5.74, 6) is -6.04. The molecule has 0 saturated carbocycles. The predicted molar refractivity (Wildman–Crippen MR) is 67.7 cm³/mol. The van der Waals surface area contributed by atoms with E-state index in [0.29, 0.717) is 12.1 Å². The summed E-state index contributed by atoms with van der Waals surface area (Å²) >= 11 is 2.85. The Balaban J connectivity index is 3.23. The largest absolute Gasteiger partial charge is 0.462 e. The topological polar surface area (TPSA) is 52.3 Å². The third kappa shape index (κ3) is 3.91. The summed E-state index contributed by atoms with van der Waals surface area (Å²) in [5, 5.41) is 0. The normalized spacial score (nSPS) is 13.9. The minimum atomic E-state index is -4.71. The molecule has 1 aromatic rings. The van der Waals surface area contributed by atoms with E-state index in [2.05, 4.69) is 20.7 Å². The molecule has 1 atom stereocenters. The number of carbonyl (C=O) groups excluding carboxylic acids is 1. The highest BCUT2D eigenvalue weighted by molar-refractivity contribution is 9.10. The summed E-state index contributed by atoms with van der Waals surface area (Å²) in [6, 6.07) is -0.141. The van der Waals surface area contributed by atoms with Gasteiger partial charge < -0.3 is 10.5 Å². The van der Waals surface area contributed by atoms with Gasteiger partial charge in [0.15, 0.2) is 0 Å². The average molecular weight is 376 g/mol. The van der Waals surface area contributed by atoms with E-state index < -0.39 is 35.2 Å². The van der Waals surface area contributed by atoms with E-state index in [1.54, 1.807) is 0 Å². The molecular formula is C12H11BrF5NO2. The van der Waals surface area contributed by atoms with Gasteiger partial charge in [-0.3, -0.25) is 0 Å². The molecule has 0 saturated heterocycles. The van der Waals surface area contributed by atoms with Crippen molar-refractivity contribution in [2.45, 2.75) is 25.1 Å². The smallest absolute Gasteiger partial charge is 0.416 e. The van der Waals surface area contributed by atoms with E-state index in [1.807, 2.05) is 0 Å². The van der Waals surface area contributed by atoms with Gasteiger partial charge in [0.1, 0.15) is 6.04 Å². The SMILES string of the molecule is CCOC(=O)C(F)(F)[C@@H](N)c1cc(C(F)(F)F)ccc1Br. The summed E-state index contributed by atoms with van der Waals surface area (Å²) in [5.41, 5.74) is 3.59. The van der Waals surface area contributed by atoms with Gasteiger partial charge in [-0.05, 0) is 30.7 Å². The third-order valence-corrected chi connectivity index (χ3v) is 3.32. The lowest BCUT2D eigenvalue weighted by Crippen LogP contribution is -2.42. The van der Waals surface area contributed by atoms with E-state index in [9.17, 15) is 26.7 Å². The molecular weight excluding hydrogens is 365 g/mol. The van der Waals surface area contributed by atoms with Crippen LogP contribution in [0.2, 0.25) is 0 Å². The molecule has 1 rings (SSSR count). The molecule has 2 N–H and O–H groups in total. The van der Waals surface area contributed by atoms with Gasteiger partial charge in [0.25, 0.3) is 0 Å². The zero-order valence-electron chi connectivity index (χ0n) is 10.7. The standard InChI is InChI=1S/C12H11BrF5NO2/c1-2-21-10(20)11(14,15)9(19)7-5-6(12(16,17)18)3-4-8(7)13/h3-5,9H,2,19H2,1H3/t9-/m0/s1. The van der Waals surface area contributed by atoms with Crippen LogP contribution in [-0.2, 0) is 15.7 Å². The highest BCUT2D eigenvalue weighted by Gasteiger charge is 2.48. The second-order valence-corrected chi connectivity index (χ2v) is 4.91. The maximum atomic E-state index is 13.8. The van der Waals surface area contributed by atoms with Crippen molar-refractivity contribution >= 4 is 21.9 Å². The van der Waals surface area contributed by atoms with Crippen molar-refractivity contribution in [3.63, 3.8) is 0 Å². The Morgan fingerprint density at radius 3 is 2.38 bits per heavy atom. The number of rotatable bonds is 4. The van der Waals surface area contributed by atoms with Crippen molar-refractivity contribution in [2.24, 2.45) is 5.73 Å². The van der Waals surface area contributed by atoms with Crippen molar-refractivity contribution in [3.8, 4) is 0 Å². The van der Waals surface area contributed by atoms with Crippen LogP contribution in [0.1, 0.15) is 24.1 Å². The van der Waals surface area contributed by atoms with Crippen molar-refractivity contribution in [2.75, 3.05) is 6.61 Å². The van der Waals surface area contributed by atoms with Crippen LogP contribution in [0.5, 0.6) is 0 Å². The second kappa shape index (κ2) is 6.27. The van der Waals surface area contributed by atoms with Crippen LogP contribution in [0.15, 0.2) is 22.7 Å². The molecule has 0 aliphatic rings. The number of benzene rings is 1. The zero-order chi connectivity index (χ0) is 16.4. The van der Waals surface area contributed by atoms with Crippen LogP contribution in [0, 0.1) is 0 Å². The first-order chi connectivity index (χ1) is 9.51. The molecule has 0 amide bonds. The van der Waals surface area contributed by atoms with Crippen LogP contribution in [0.3, 0.4) is 0 Å². The van der Waals surface area contributed by atoms with Gasteiger partial charge in [0, 0.05) is 4.47 Å². The lowest BCUT2D eigenvalue weighted by molar-refractivity contribution is -0.174. The Kier molecular flexibility index (Phi) is 5.32. The molecule has 0 bridgehead atoms. The number of hydrogen-bond donors (Lipinski definition) is 1. The quantitative estimate of drug-likeness (QED) is 0.645. The fourth-order valence-electron chi connectivity index (χ4n) is 1.51. The van der Waals surface area contributed by atoms with E-state index in [4.69, 9.17) is 5.73 Å². The fourth-order valence-corrected chi connectivity index (χ4v) is 2.00. The van der Waals surface area contributed by atoms with Crippen molar-refractivity contribution in [3.05, 3.63) is 33.8 Å². The van der Waals surface area contributed by atoms with Gasteiger partial charge in [-0.2, -0.15) is 22.0 Å². The highest BCUT2D eigenvalue weighted by atomic mass is 79.9. The molecule has 21 heavy (non-hydrogen) atoms. The van der Waals surface area contributed by atoms with Gasteiger partial charge in [-0.25, -0.2) is 4.79 Å². The first-order valence-electron chi connectivity index (χ1n) is 5.69. The molecule has 0 fully saturated rings. The Morgan fingerprint density at radius 1 is 1.33 bits per heavy atom. The van der Waals surface area contributed by atoms with Gasteiger partial charge >= 0.3 is 18.1 Å². The van der Waals surface area contributed by atoms with E-state index in [1.165, 1.54) is 6.92 Å². The molecule has 0 heterocycles. The Bertz CT molecular complexity index is 533. The monoisotopic (exact) mass is 375 g/mol. The van der Waals surface area contributed by atoms with Gasteiger partial charge in [0.2, 0.25) is 0 Å². The number of halogens is 6. The van der Waals surface area contributed by atoms with E-state index >= 15 is 0 Å². The molecule has 9 heteroatoms. The van der Waals surface area contributed by atoms with Crippen LogP contribution in [-0.4, -0.2) is 18.5 Å². The number of esters is 1. The summed E-state index contributed by atoms with van der Waals surface area (Å²) in [4.78, 5) is 11.2. The molecule has 1 aromatic carbocycles. The maximum Gasteiger partial charge on any atom is 0.416 e. The second-order valence-electron chi connectivity index (χ2n) is 4.06. The number of alkyl halides is 5. The molecule has 0 aliphatic carbocycles. The molecule has 0 radical (unpaired) electrons. The van der Waals surface area contributed by atoms with E-state index in [-0.39, 0.29) is 11.1 Å². The molecule has 118 valence electrons. The number of carbonyl (C=O) groups is 1. The van der Waals surface area contributed by atoms with Crippen LogP contribution in [0.4, 0.5) is 22.0 Å². The molecule has 3 nitrogen and oxygen atoms in total. The van der Waals surface area contributed by atoms with Gasteiger partial charge in [0.05, 0.1) is 12.2 Å². The minimum absolute atomic E-state index is 0.0630. The van der Waals surface area contributed by atoms with Crippen LogP contribution < -0.4 is 5.73 Å². The van der Waals surface area contributed by atoms with Gasteiger partial charge in [-0.15, -0.1) is 0 Å². The van der Waals surface area contributed by atoms with Crippen molar-refractivity contribution in [1.29, 1.82) is 0 Å². The summed E-state index contributed by atoms with van der Waals surface area (Å²) in [6.07, 6.45) is -4.71. The molecule has 0 aliphatic heterocycles. The number of hydrogen-bond acceptors (Lipinski definition) is 3. The minimum Gasteiger partial charge on any atom is -0.462 e. The lowest BCUT2D eigenvalue weighted by atomic mass is 9.99. The predicted octanol–water partition coefficient (Wildman–Crippen LogP) is 3.67. The van der Waals surface area contributed by atoms with Gasteiger partial charge in [-0.1, -0.05) is 15.9 Å². The maximum absolute atomic E-state index is 13.8. The Morgan fingerprint density at radius 2 is 1.90 bits per heavy atom. The first kappa shape index (κ1) is 17.8. The third-order valence-electron chi connectivity index (χ3n) is 2.60. The molecule has 0 aromatic heterocycles. The van der Waals surface area contributed by atoms with Crippen LogP contribution in [0.25, 0.3) is 0 Å². The summed E-state index contributed by atoms with van der Waals surface area (Å²) in [6.45, 7) is 1.02. The molecule has 0 unspecified atom stereocenters. The fraction of sp³-hybridized carbons (Fsp3) is 0.417. The summed E-state index contributed by atoms with van der Waals surface area (Å²) in [7, 11) is 0. The summed E-state index contributed by atoms with van der Waals surface area (Å²) < 4.78 is 69.5.